The van der Waals surface area contributed by atoms with Gasteiger partial charge in [-0.3, -0.25) is 9.88 Å². The molecule has 3 heteroatoms. The molecule has 1 atom stereocenters. The van der Waals surface area contributed by atoms with Crippen molar-refractivity contribution in [2.45, 2.75) is 63.8 Å². The molecule has 3 rings (SSSR count). The molecule has 3 aliphatic rings. The van der Waals surface area contributed by atoms with Crippen LogP contribution < -0.4 is 5.09 Å². The highest BCUT2D eigenvalue weighted by atomic mass is 31.0. The van der Waals surface area contributed by atoms with Gasteiger partial charge in [0.15, 0.2) is 0 Å². The Kier molecular flexibility index (Phi) is 3.19. The normalized spacial score (nSPS) is 40.1. The number of nitrogens with one attached hydrogen (secondary N) is 1. The van der Waals surface area contributed by atoms with Gasteiger partial charge in [-0.25, -0.2) is 0 Å². The molecule has 3 fully saturated rings. The van der Waals surface area contributed by atoms with E-state index in [1.807, 2.05) is 6.92 Å². The van der Waals surface area contributed by atoms with Crippen molar-refractivity contribution in [1.82, 2.24) is 5.09 Å². The smallest absolute Gasteiger partial charge is 0.138 e. The van der Waals surface area contributed by atoms with Crippen molar-refractivity contribution in [2.24, 2.45) is 5.41 Å². The van der Waals surface area contributed by atoms with Gasteiger partial charge >= 0.3 is 0 Å². The van der Waals surface area contributed by atoms with E-state index in [1.54, 1.807) is 0 Å². The van der Waals surface area contributed by atoms with Gasteiger partial charge in [0.25, 0.3) is 0 Å². The zero-order chi connectivity index (χ0) is 10.9. The lowest BCUT2D eigenvalue weighted by Crippen LogP contribution is -2.45. The van der Waals surface area contributed by atoms with Gasteiger partial charge in [0.05, 0.1) is 0 Å². The van der Waals surface area contributed by atoms with Crippen molar-refractivity contribution >= 4 is 15.2 Å². The van der Waals surface area contributed by atoms with Crippen LogP contribution >= 0.6 is 9.39 Å². The molecule has 3 aliphatic carbocycles. The van der Waals surface area contributed by atoms with E-state index in [2.05, 4.69) is 14.5 Å². The highest BCUT2D eigenvalue weighted by Crippen LogP contribution is 2.51. The summed E-state index contributed by atoms with van der Waals surface area (Å²) in [5.41, 5.74) is 0.398. The summed E-state index contributed by atoms with van der Waals surface area (Å²) in [4.78, 5) is 12.1. The second-order valence-electron chi connectivity index (χ2n) is 5.34. The number of hydrogen-bond acceptors (Lipinski definition) is 2. The van der Waals surface area contributed by atoms with Crippen molar-refractivity contribution in [1.29, 1.82) is 0 Å². The predicted octanol–water partition coefficient (Wildman–Crippen LogP) is 2.83. The third kappa shape index (κ3) is 1.87. The maximum atomic E-state index is 12.1. The Morgan fingerprint density at radius 2 is 1.87 bits per heavy atom. The zero-order valence-electron chi connectivity index (χ0n) is 9.64. The maximum Gasteiger partial charge on any atom is 0.138 e. The first-order valence-electron chi connectivity index (χ1n) is 6.17. The van der Waals surface area contributed by atoms with Gasteiger partial charge in [0.1, 0.15) is 5.78 Å². The molecule has 0 amide bonds. The van der Waals surface area contributed by atoms with E-state index in [9.17, 15) is 4.79 Å². The molecule has 2 bridgehead atoms. The van der Waals surface area contributed by atoms with Gasteiger partial charge < -0.3 is 0 Å². The average Bonchev–Trinajstić information content (AvgIpc) is 2.59. The molecule has 0 saturated heterocycles. The lowest BCUT2D eigenvalue weighted by molar-refractivity contribution is -0.130. The number of Topliss-reactive ketones (excluding diaryl/α,β-unsaturated/α-hetero) is 1. The molecule has 0 spiro atoms. The summed E-state index contributed by atoms with van der Waals surface area (Å²) in [6.07, 6.45) is 8.91. The molecule has 1 unspecified atom stereocenters. The quantitative estimate of drug-likeness (QED) is 0.751. The van der Waals surface area contributed by atoms with Crippen molar-refractivity contribution < 1.29 is 4.79 Å². The monoisotopic (exact) mass is 227 g/mol. The van der Waals surface area contributed by atoms with Crippen LogP contribution in [0.2, 0.25) is 0 Å². The summed E-state index contributed by atoms with van der Waals surface area (Å²) in [5, 5.41) is 3.42. The Morgan fingerprint density at radius 3 is 2.40 bits per heavy atom. The summed E-state index contributed by atoms with van der Waals surface area (Å²) in [5.74, 6) is 0.516. The fraction of sp³-hybridized carbons (Fsp3) is 0.917. The Labute approximate surface area is 94.8 Å². The van der Waals surface area contributed by atoms with Crippen molar-refractivity contribution in [3.63, 3.8) is 0 Å². The van der Waals surface area contributed by atoms with Crippen LogP contribution in [-0.4, -0.2) is 11.3 Å². The minimum atomic E-state index is 0.0657. The van der Waals surface area contributed by atoms with E-state index in [0.29, 0.717) is 11.3 Å². The third-order valence-corrected chi connectivity index (χ3v) is 5.31. The summed E-state index contributed by atoms with van der Waals surface area (Å²) in [7, 11) is 2.68. The number of carbonyl (C=O) groups excluding carboxylic acids is 1. The molecular formula is C12H22NOP. The minimum absolute atomic E-state index is 0.0657. The van der Waals surface area contributed by atoms with Gasteiger partial charge in [-0.05, 0) is 38.5 Å². The van der Waals surface area contributed by atoms with Gasteiger partial charge in [0.2, 0.25) is 0 Å². The Hall–Kier alpha value is 0.0600. The van der Waals surface area contributed by atoms with Crippen molar-refractivity contribution in [2.75, 3.05) is 0 Å². The van der Waals surface area contributed by atoms with Crippen LogP contribution in [0.4, 0.5) is 0 Å². The van der Waals surface area contributed by atoms with Crippen LogP contribution in [0.1, 0.15) is 58.3 Å². The van der Waals surface area contributed by atoms with E-state index in [0.717, 1.165) is 25.7 Å². The Morgan fingerprint density at radius 1 is 1.20 bits per heavy atom. The first kappa shape index (κ1) is 11.5. The number of rotatable bonds is 3. The van der Waals surface area contributed by atoms with Crippen LogP contribution in [0.15, 0.2) is 0 Å². The number of hydrogen-bond donors (Lipinski definition) is 1. The molecule has 0 radical (unpaired) electrons. The molecule has 15 heavy (non-hydrogen) atoms. The topological polar surface area (TPSA) is 29.1 Å². The summed E-state index contributed by atoms with van der Waals surface area (Å²) < 4.78 is 0. The molecule has 0 aliphatic heterocycles. The minimum Gasteiger partial charge on any atom is -0.299 e. The van der Waals surface area contributed by atoms with Gasteiger partial charge in [-0.2, -0.15) is 0 Å². The van der Waals surface area contributed by atoms with Crippen LogP contribution in [0, 0.1) is 5.41 Å². The molecule has 86 valence electrons. The number of fused-ring (bicyclic) bond motifs is 4. The lowest BCUT2D eigenvalue weighted by Gasteiger charge is -2.41. The number of carbonyl (C=O) groups is 1. The third-order valence-electron chi connectivity index (χ3n) is 4.69. The molecule has 0 aromatic carbocycles. The predicted molar refractivity (Wildman–Crippen MR) is 65.6 cm³/mol. The fourth-order valence-electron chi connectivity index (χ4n) is 3.48. The van der Waals surface area contributed by atoms with Gasteiger partial charge in [0, 0.05) is 17.4 Å². The van der Waals surface area contributed by atoms with Crippen molar-refractivity contribution in [3.05, 3.63) is 0 Å². The molecule has 1 N–H and O–H groups in total. The van der Waals surface area contributed by atoms with Crippen LogP contribution in [-0.2, 0) is 4.79 Å². The summed E-state index contributed by atoms with van der Waals surface area (Å²) in [6, 6.07) is 0. The van der Waals surface area contributed by atoms with Crippen molar-refractivity contribution in [3.8, 4) is 0 Å². The molecular weight excluding hydrogens is 205 g/mol. The lowest BCUT2D eigenvalue weighted by atomic mass is 9.66. The van der Waals surface area contributed by atoms with E-state index in [-0.39, 0.29) is 5.41 Å². The summed E-state index contributed by atoms with van der Waals surface area (Å²) in [6.45, 7) is 2.01. The summed E-state index contributed by atoms with van der Waals surface area (Å²) >= 11 is 0. The molecule has 2 nitrogen and oxygen atoms in total. The number of ketones is 1. The Bertz CT molecular complexity index is 256. The molecule has 0 heterocycles. The second-order valence-corrected chi connectivity index (χ2v) is 5.62. The molecule has 3 saturated carbocycles. The molecule has 0 aromatic heterocycles. The largest absolute Gasteiger partial charge is 0.299 e. The first-order chi connectivity index (χ1) is 7.16. The zero-order valence-corrected chi connectivity index (χ0v) is 10.8. The van der Waals surface area contributed by atoms with Gasteiger partial charge in [-0.1, -0.05) is 22.7 Å². The van der Waals surface area contributed by atoms with E-state index < -0.39 is 0 Å². The second kappa shape index (κ2) is 4.14. The first-order valence-corrected chi connectivity index (χ1v) is 6.75. The molecule has 0 aromatic rings. The maximum absolute atomic E-state index is 12.1. The van der Waals surface area contributed by atoms with E-state index >= 15 is 0 Å². The van der Waals surface area contributed by atoms with Crippen LogP contribution in [0.25, 0.3) is 0 Å². The fourth-order valence-corrected chi connectivity index (χ4v) is 3.92. The highest BCUT2D eigenvalue weighted by Gasteiger charge is 2.47. The Balaban J connectivity index is 2.18. The van der Waals surface area contributed by atoms with Crippen LogP contribution in [0.3, 0.4) is 0 Å². The SMILES string of the molecule is CCC(=O)C12CCCC(NP)(CC1)CC2. The standard InChI is InChI=1S/C12H22NOP/c1-2-10(14)11-4-3-5-12(13-15,8-6-11)9-7-11/h13H,2-9,15H2,1H3. The average molecular weight is 227 g/mol. The van der Waals surface area contributed by atoms with E-state index in [1.165, 1.54) is 25.7 Å². The van der Waals surface area contributed by atoms with Gasteiger partial charge in [-0.15, -0.1) is 0 Å². The highest BCUT2D eigenvalue weighted by molar-refractivity contribution is 7.13. The van der Waals surface area contributed by atoms with E-state index in [4.69, 9.17) is 0 Å². The van der Waals surface area contributed by atoms with Crippen LogP contribution in [0.5, 0.6) is 0 Å².